The summed E-state index contributed by atoms with van der Waals surface area (Å²) in [6.45, 7) is 1.36. The smallest absolute Gasteiger partial charge is 0.410 e. The quantitative estimate of drug-likeness (QED) is 0.476. The van der Waals surface area contributed by atoms with Crippen LogP contribution in [0.3, 0.4) is 0 Å². The number of benzene rings is 3. The molecular weight excluding hydrogens is 427 g/mol. The second kappa shape index (κ2) is 9.98. The molecule has 1 heterocycles. The molecule has 0 aromatic heterocycles. The van der Waals surface area contributed by atoms with E-state index >= 15 is 4.39 Å². The Hall–Kier alpha value is -3.18. The van der Waals surface area contributed by atoms with Gasteiger partial charge in [-0.3, -0.25) is 0 Å². The second-order valence-corrected chi connectivity index (χ2v) is 9.50. The highest BCUT2D eigenvalue weighted by Crippen LogP contribution is 2.42. The SMILES string of the molecule is O=C(OCc1ccccc1)N1CCC(F)(CN[C@@H]2C[C@H]2c2ccc(-c3ccccc3)cc2)CC1. The van der Waals surface area contributed by atoms with Crippen molar-refractivity contribution in [2.24, 2.45) is 0 Å². The second-order valence-electron chi connectivity index (χ2n) is 9.50. The number of rotatable bonds is 7. The molecule has 4 nitrogen and oxygen atoms in total. The first-order chi connectivity index (χ1) is 16.6. The van der Waals surface area contributed by atoms with Gasteiger partial charge in [-0.1, -0.05) is 84.9 Å². The Kier molecular flexibility index (Phi) is 6.63. The monoisotopic (exact) mass is 458 g/mol. The minimum atomic E-state index is -1.28. The van der Waals surface area contributed by atoms with E-state index in [2.05, 4.69) is 53.8 Å². The Labute approximate surface area is 200 Å². The van der Waals surface area contributed by atoms with Crippen molar-refractivity contribution < 1.29 is 13.9 Å². The van der Waals surface area contributed by atoms with Crippen LogP contribution in [0.25, 0.3) is 11.1 Å². The largest absolute Gasteiger partial charge is 0.445 e. The highest BCUT2D eigenvalue weighted by molar-refractivity contribution is 5.67. The molecule has 2 atom stereocenters. The zero-order chi connectivity index (χ0) is 23.4. The van der Waals surface area contributed by atoms with Crippen LogP contribution in [0, 0.1) is 0 Å². The van der Waals surface area contributed by atoms with E-state index < -0.39 is 5.67 Å². The molecule has 0 bridgehead atoms. The molecule has 5 heteroatoms. The van der Waals surface area contributed by atoms with Gasteiger partial charge in [0, 0.05) is 44.4 Å². The minimum Gasteiger partial charge on any atom is -0.445 e. The lowest BCUT2D eigenvalue weighted by Crippen LogP contribution is -2.49. The van der Waals surface area contributed by atoms with E-state index in [0.717, 1.165) is 12.0 Å². The van der Waals surface area contributed by atoms with Gasteiger partial charge in [-0.25, -0.2) is 9.18 Å². The Morgan fingerprint density at radius 3 is 2.21 bits per heavy atom. The molecule has 2 fully saturated rings. The number of amides is 1. The van der Waals surface area contributed by atoms with Crippen LogP contribution in [0.5, 0.6) is 0 Å². The number of hydrogen-bond donors (Lipinski definition) is 1. The topological polar surface area (TPSA) is 41.6 Å². The number of nitrogens with zero attached hydrogens (tertiary/aromatic N) is 1. The van der Waals surface area contributed by atoms with Crippen LogP contribution in [0.4, 0.5) is 9.18 Å². The summed E-state index contributed by atoms with van der Waals surface area (Å²) in [6, 6.07) is 29.0. The molecule has 3 aromatic rings. The summed E-state index contributed by atoms with van der Waals surface area (Å²) in [5.41, 5.74) is 3.41. The number of likely N-dealkylation sites (tertiary alicyclic amines) is 1. The standard InChI is InChI=1S/C29H31FN2O2/c30-29(15-17-32(18-16-29)28(33)34-20-22-7-3-1-4-8-22)21-31-27-19-26(27)25-13-11-24(12-14-25)23-9-5-2-6-10-23/h1-14,26-27,31H,15-21H2/t26-,27+/m0/s1. The zero-order valence-corrected chi connectivity index (χ0v) is 19.3. The van der Waals surface area contributed by atoms with Gasteiger partial charge in [0.2, 0.25) is 0 Å². The van der Waals surface area contributed by atoms with Crippen molar-refractivity contribution in [3.63, 3.8) is 0 Å². The first-order valence-electron chi connectivity index (χ1n) is 12.1. The lowest BCUT2D eigenvalue weighted by Gasteiger charge is -2.36. The first-order valence-corrected chi connectivity index (χ1v) is 12.1. The van der Waals surface area contributed by atoms with E-state index in [1.54, 1.807) is 4.90 Å². The van der Waals surface area contributed by atoms with Crippen LogP contribution in [-0.2, 0) is 11.3 Å². The van der Waals surface area contributed by atoms with Crippen molar-refractivity contribution in [2.75, 3.05) is 19.6 Å². The highest BCUT2D eigenvalue weighted by Gasteiger charge is 2.42. The van der Waals surface area contributed by atoms with Gasteiger partial charge in [0.1, 0.15) is 12.3 Å². The van der Waals surface area contributed by atoms with E-state index in [0.29, 0.717) is 44.4 Å². The predicted molar refractivity (Wildman–Crippen MR) is 132 cm³/mol. The average Bonchev–Trinajstić information content (AvgIpc) is 3.68. The van der Waals surface area contributed by atoms with Crippen molar-refractivity contribution in [1.82, 2.24) is 10.2 Å². The Bertz CT molecular complexity index is 1080. The fourth-order valence-corrected chi connectivity index (χ4v) is 4.73. The Morgan fingerprint density at radius 1 is 0.912 bits per heavy atom. The average molecular weight is 459 g/mol. The van der Waals surface area contributed by atoms with Crippen LogP contribution in [0.1, 0.15) is 36.3 Å². The van der Waals surface area contributed by atoms with Crippen molar-refractivity contribution in [3.8, 4) is 11.1 Å². The maximum absolute atomic E-state index is 15.4. The number of carbonyl (C=O) groups is 1. The molecule has 1 N–H and O–H groups in total. The number of alkyl halides is 1. The predicted octanol–water partition coefficient (Wildman–Crippen LogP) is 5.94. The molecule has 176 valence electrons. The maximum Gasteiger partial charge on any atom is 0.410 e. The highest BCUT2D eigenvalue weighted by atomic mass is 19.1. The van der Waals surface area contributed by atoms with Crippen molar-refractivity contribution in [3.05, 3.63) is 96.1 Å². The van der Waals surface area contributed by atoms with Crippen LogP contribution < -0.4 is 5.32 Å². The molecule has 0 radical (unpaired) electrons. The van der Waals surface area contributed by atoms with Crippen LogP contribution >= 0.6 is 0 Å². The third-order valence-corrected chi connectivity index (χ3v) is 7.04. The third kappa shape index (κ3) is 5.48. The van der Waals surface area contributed by atoms with Gasteiger partial charge in [-0.2, -0.15) is 0 Å². The van der Waals surface area contributed by atoms with Gasteiger partial charge in [0.25, 0.3) is 0 Å². The van der Waals surface area contributed by atoms with Gasteiger partial charge < -0.3 is 15.0 Å². The lowest BCUT2D eigenvalue weighted by molar-refractivity contribution is 0.0408. The molecule has 0 spiro atoms. The normalized spacial score (nSPS) is 21.1. The molecular formula is C29H31FN2O2. The molecule has 1 saturated carbocycles. The summed E-state index contributed by atoms with van der Waals surface area (Å²) >= 11 is 0. The van der Waals surface area contributed by atoms with Crippen LogP contribution in [0.2, 0.25) is 0 Å². The molecule has 5 rings (SSSR count). The minimum absolute atomic E-state index is 0.244. The van der Waals surface area contributed by atoms with Crippen LogP contribution in [-0.4, -0.2) is 42.3 Å². The number of carbonyl (C=O) groups excluding carboxylic acids is 1. The summed E-state index contributed by atoms with van der Waals surface area (Å²) in [4.78, 5) is 14.0. The molecule has 34 heavy (non-hydrogen) atoms. The van der Waals surface area contributed by atoms with E-state index in [1.807, 2.05) is 36.4 Å². The Balaban J connectivity index is 1.05. The molecule has 1 aliphatic carbocycles. The van der Waals surface area contributed by atoms with Crippen LogP contribution in [0.15, 0.2) is 84.9 Å². The van der Waals surface area contributed by atoms with E-state index in [4.69, 9.17) is 4.74 Å². The molecule has 2 aliphatic rings. The number of hydrogen-bond acceptors (Lipinski definition) is 3. The molecule has 0 unspecified atom stereocenters. The molecule has 1 aliphatic heterocycles. The van der Waals surface area contributed by atoms with Crippen molar-refractivity contribution >= 4 is 6.09 Å². The molecule has 1 saturated heterocycles. The van der Waals surface area contributed by atoms with E-state index in [-0.39, 0.29) is 12.7 Å². The summed E-state index contributed by atoms with van der Waals surface area (Å²) in [6.07, 6.45) is 1.35. The summed E-state index contributed by atoms with van der Waals surface area (Å²) in [5, 5.41) is 3.44. The van der Waals surface area contributed by atoms with Crippen molar-refractivity contribution in [1.29, 1.82) is 0 Å². The van der Waals surface area contributed by atoms with E-state index in [9.17, 15) is 4.79 Å². The van der Waals surface area contributed by atoms with Gasteiger partial charge in [-0.05, 0) is 28.7 Å². The fraction of sp³-hybridized carbons (Fsp3) is 0.345. The lowest BCUT2D eigenvalue weighted by atomic mass is 9.93. The Morgan fingerprint density at radius 2 is 1.53 bits per heavy atom. The number of nitrogens with one attached hydrogen (secondary N) is 1. The maximum atomic E-state index is 15.4. The van der Waals surface area contributed by atoms with Gasteiger partial charge in [0.15, 0.2) is 0 Å². The van der Waals surface area contributed by atoms with Crippen molar-refractivity contribution in [2.45, 2.75) is 43.5 Å². The first kappa shape index (κ1) is 22.6. The third-order valence-electron chi connectivity index (χ3n) is 7.04. The number of piperidine rings is 1. The van der Waals surface area contributed by atoms with E-state index in [1.165, 1.54) is 16.7 Å². The number of halogens is 1. The summed E-state index contributed by atoms with van der Waals surface area (Å²) < 4.78 is 20.8. The zero-order valence-electron chi connectivity index (χ0n) is 19.3. The molecule has 1 amide bonds. The summed E-state index contributed by atoms with van der Waals surface area (Å²) in [7, 11) is 0. The fourth-order valence-electron chi connectivity index (χ4n) is 4.73. The van der Waals surface area contributed by atoms with Gasteiger partial charge in [-0.15, -0.1) is 0 Å². The molecule has 3 aromatic carbocycles. The van der Waals surface area contributed by atoms with Gasteiger partial charge in [0.05, 0.1) is 0 Å². The number of ether oxygens (including phenoxy) is 1. The van der Waals surface area contributed by atoms with Gasteiger partial charge >= 0.3 is 6.09 Å². The summed E-state index contributed by atoms with van der Waals surface area (Å²) in [5.74, 6) is 0.446.